The van der Waals surface area contributed by atoms with Crippen molar-refractivity contribution >= 4 is 41.3 Å². The number of thiophene rings is 1. The van der Waals surface area contributed by atoms with Gasteiger partial charge in [0.1, 0.15) is 0 Å². The Kier molecular flexibility index (Phi) is 9.12. The molecule has 3 N–H and O–H groups in total. The lowest BCUT2D eigenvalue weighted by atomic mass is 9.93. The highest BCUT2D eigenvalue weighted by atomic mass is 127. The average Bonchev–Trinajstić information content (AvgIpc) is 3.09. The fourth-order valence-electron chi connectivity index (χ4n) is 3.72. The number of aliphatic imine (C=N–C) groups is 1. The molecular weight excluding hydrogens is 459 g/mol. The van der Waals surface area contributed by atoms with Gasteiger partial charge in [-0.2, -0.15) is 0 Å². The van der Waals surface area contributed by atoms with Crippen LogP contribution < -0.4 is 10.6 Å². The van der Waals surface area contributed by atoms with E-state index < -0.39 is 0 Å². The molecule has 7 heteroatoms. The topological polar surface area (TPSA) is 59.9 Å². The number of aliphatic hydroxyl groups excluding tert-OH is 1. The summed E-state index contributed by atoms with van der Waals surface area (Å²) in [5, 5.41) is 18.8. The van der Waals surface area contributed by atoms with Gasteiger partial charge >= 0.3 is 0 Å². The Labute approximate surface area is 178 Å². The molecule has 0 aromatic carbocycles. The Balaban J connectivity index is 0.00000243. The maximum Gasteiger partial charge on any atom is 0.191 e. The molecule has 1 aliphatic heterocycles. The fourth-order valence-corrected chi connectivity index (χ4v) is 4.61. The predicted octanol–water partition coefficient (Wildman–Crippen LogP) is 2.97. The molecule has 1 aromatic rings. The molecule has 1 fully saturated rings. The van der Waals surface area contributed by atoms with Crippen LogP contribution in [0.1, 0.15) is 50.0 Å². The number of aliphatic hydroxyl groups is 1. The molecule has 1 atom stereocenters. The van der Waals surface area contributed by atoms with Gasteiger partial charge in [0.15, 0.2) is 5.96 Å². The number of nitrogens with zero attached hydrogens (tertiary/aromatic N) is 2. The molecule has 3 rings (SSSR count). The van der Waals surface area contributed by atoms with E-state index in [-0.39, 0.29) is 30.1 Å². The highest BCUT2D eigenvalue weighted by Crippen LogP contribution is 2.25. The van der Waals surface area contributed by atoms with Crippen molar-refractivity contribution < 1.29 is 5.11 Å². The standard InChI is InChI=1S/C19H32N4OS.HI/c1-3-20-19(22-16-4-6-17(24)7-5-16)21-12-14(2)23-10-8-18-15(13-23)9-11-25-18;/h9,11,14,16-17,24H,3-8,10,12-13H2,1-2H3,(H2,20,21,22);1H. The summed E-state index contributed by atoms with van der Waals surface area (Å²) in [6, 6.07) is 3.14. The zero-order chi connectivity index (χ0) is 17.6. The SMILES string of the molecule is CCNC(=NCC(C)N1CCc2sccc2C1)NC1CCC(O)CC1.I. The highest BCUT2D eigenvalue weighted by Gasteiger charge is 2.22. The molecule has 1 aliphatic carbocycles. The van der Waals surface area contributed by atoms with Crippen molar-refractivity contribution in [3.8, 4) is 0 Å². The van der Waals surface area contributed by atoms with Crippen LogP contribution in [-0.2, 0) is 13.0 Å². The summed E-state index contributed by atoms with van der Waals surface area (Å²) < 4.78 is 0. The van der Waals surface area contributed by atoms with Crippen LogP contribution in [0.5, 0.6) is 0 Å². The van der Waals surface area contributed by atoms with E-state index >= 15 is 0 Å². The molecule has 5 nitrogen and oxygen atoms in total. The lowest BCUT2D eigenvalue weighted by molar-refractivity contribution is 0.120. The van der Waals surface area contributed by atoms with Gasteiger partial charge in [0.05, 0.1) is 12.6 Å². The van der Waals surface area contributed by atoms with Crippen molar-refractivity contribution in [1.29, 1.82) is 0 Å². The summed E-state index contributed by atoms with van der Waals surface area (Å²) in [5.41, 5.74) is 1.50. The molecule has 26 heavy (non-hydrogen) atoms. The smallest absolute Gasteiger partial charge is 0.191 e. The second-order valence-electron chi connectivity index (χ2n) is 7.31. The minimum Gasteiger partial charge on any atom is -0.393 e. The second kappa shape index (κ2) is 10.8. The number of rotatable bonds is 5. The Bertz CT molecular complexity index is 572. The Morgan fingerprint density at radius 2 is 2.15 bits per heavy atom. The number of nitrogens with one attached hydrogen (secondary N) is 2. The van der Waals surface area contributed by atoms with Gasteiger partial charge < -0.3 is 15.7 Å². The van der Waals surface area contributed by atoms with Crippen molar-refractivity contribution in [1.82, 2.24) is 15.5 Å². The Morgan fingerprint density at radius 1 is 1.38 bits per heavy atom. The summed E-state index contributed by atoms with van der Waals surface area (Å²) in [6.07, 6.45) is 4.89. The number of hydrogen-bond acceptors (Lipinski definition) is 4. The van der Waals surface area contributed by atoms with Crippen LogP contribution in [0.4, 0.5) is 0 Å². The fraction of sp³-hybridized carbons (Fsp3) is 0.737. The molecule has 2 heterocycles. The summed E-state index contributed by atoms with van der Waals surface area (Å²) >= 11 is 1.89. The second-order valence-corrected chi connectivity index (χ2v) is 8.31. The Morgan fingerprint density at radius 3 is 2.88 bits per heavy atom. The molecule has 0 spiro atoms. The number of guanidine groups is 1. The van der Waals surface area contributed by atoms with Gasteiger partial charge in [0.25, 0.3) is 0 Å². The molecule has 1 aromatic heterocycles. The van der Waals surface area contributed by atoms with E-state index in [9.17, 15) is 5.11 Å². The first-order chi connectivity index (χ1) is 12.2. The maximum atomic E-state index is 9.66. The van der Waals surface area contributed by atoms with Crippen LogP contribution in [0, 0.1) is 0 Å². The van der Waals surface area contributed by atoms with Crippen LogP contribution in [0.15, 0.2) is 16.4 Å². The van der Waals surface area contributed by atoms with Crippen LogP contribution in [0.2, 0.25) is 0 Å². The molecule has 0 radical (unpaired) electrons. The van der Waals surface area contributed by atoms with E-state index in [0.717, 1.165) is 57.8 Å². The van der Waals surface area contributed by atoms with Crippen molar-refractivity contribution in [3.05, 3.63) is 21.9 Å². The minimum atomic E-state index is -0.112. The van der Waals surface area contributed by atoms with E-state index in [0.29, 0.717) is 12.1 Å². The molecule has 148 valence electrons. The van der Waals surface area contributed by atoms with Gasteiger partial charge in [0, 0.05) is 36.6 Å². The van der Waals surface area contributed by atoms with Crippen LogP contribution in [-0.4, -0.2) is 53.8 Å². The normalized spacial score (nSPS) is 25.1. The van der Waals surface area contributed by atoms with Crippen LogP contribution in [0.25, 0.3) is 0 Å². The molecule has 0 amide bonds. The van der Waals surface area contributed by atoms with Crippen molar-refractivity contribution in [3.63, 3.8) is 0 Å². The third kappa shape index (κ3) is 6.07. The maximum absolute atomic E-state index is 9.66. The zero-order valence-corrected chi connectivity index (χ0v) is 19.1. The van der Waals surface area contributed by atoms with Crippen LogP contribution >= 0.6 is 35.3 Å². The van der Waals surface area contributed by atoms with Crippen LogP contribution in [0.3, 0.4) is 0 Å². The zero-order valence-electron chi connectivity index (χ0n) is 15.9. The molecule has 0 bridgehead atoms. The van der Waals surface area contributed by atoms with E-state index in [2.05, 4.69) is 40.8 Å². The van der Waals surface area contributed by atoms with Gasteiger partial charge in [0.2, 0.25) is 0 Å². The first-order valence-corrected chi connectivity index (χ1v) is 10.6. The number of fused-ring (bicyclic) bond motifs is 1. The van der Waals surface area contributed by atoms with Gasteiger partial charge in [-0.15, -0.1) is 35.3 Å². The summed E-state index contributed by atoms with van der Waals surface area (Å²) in [5.74, 6) is 0.920. The summed E-state index contributed by atoms with van der Waals surface area (Å²) in [4.78, 5) is 8.94. The molecule has 0 saturated heterocycles. The van der Waals surface area contributed by atoms with E-state index in [1.165, 1.54) is 12.0 Å². The molecule has 1 saturated carbocycles. The first-order valence-electron chi connectivity index (χ1n) is 9.68. The predicted molar refractivity (Wildman–Crippen MR) is 121 cm³/mol. The van der Waals surface area contributed by atoms with Gasteiger partial charge in [-0.25, -0.2) is 0 Å². The minimum absolute atomic E-state index is 0. The number of halogens is 1. The highest BCUT2D eigenvalue weighted by molar-refractivity contribution is 14.0. The summed E-state index contributed by atoms with van der Waals surface area (Å²) in [6.45, 7) is 8.26. The van der Waals surface area contributed by atoms with E-state index in [1.54, 1.807) is 4.88 Å². The third-order valence-corrected chi connectivity index (χ3v) is 6.38. The van der Waals surface area contributed by atoms with Crippen molar-refractivity contribution in [2.75, 3.05) is 19.6 Å². The lowest BCUT2D eigenvalue weighted by Crippen LogP contribution is -2.46. The van der Waals surface area contributed by atoms with Gasteiger partial charge in [-0.3, -0.25) is 9.89 Å². The third-order valence-electron chi connectivity index (χ3n) is 5.36. The molecule has 1 unspecified atom stereocenters. The monoisotopic (exact) mass is 492 g/mol. The largest absolute Gasteiger partial charge is 0.393 e. The summed E-state index contributed by atoms with van der Waals surface area (Å²) in [7, 11) is 0. The Hall–Kier alpha value is -0.380. The quantitative estimate of drug-likeness (QED) is 0.336. The molecule has 2 aliphatic rings. The molecular formula is C19H33IN4OS. The van der Waals surface area contributed by atoms with E-state index in [4.69, 9.17) is 4.99 Å². The van der Waals surface area contributed by atoms with E-state index in [1.807, 2.05) is 11.3 Å². The first kappa shape index (κ1) is 21.9. The van der Waals surface area contributed by atoms with Crippen molar-refractivity contribution in [2.45, 2.75) is 70.7 Å². The number of hydrogen-bond donors (Lipinski definition) is 3. The van der Waals surface area contributed by atoms with Gasteiger partial charge in [-0.1, -0.05) is 0 Å². The van der Waals surface area contributed by atoms with Gasteiger partial charge in [-0.05, 0) is 63.0 Å². The lowest BCUT2D eigenvalue weighted by Gasteiger charge is -2.32. The average molecular weight is 492 g/mol. The van der Waals surface area contributed by atoms with Crippen molar-refractivity contribution in [2.24, 2.45) is 4.99 Å².